The van der Waals surface area contributed by atoms with Crippen LogP contribution in [0.5, 0.6) is 0 Å². The summed E-state index contributed by atoms with van der Waals surface area (Å²) < 4.78 is 0. The molecule has 17 heavy (non-hydrogen) atoms. The average Bonchev–Trinajstić information content (AvgIpc) is 2.82. The first kappa shape index (κ1) is 12.1. The lowest BCUT2D eigenvalue weighted by Gasteiger charge is -2.14. The number of nitrogens with zero attached hydrogens (tertiary/aromatic N) is 2. The lowest BCUT2D eigenvalue weighted by atomic mass is 10.1. The van der Waals surface area contributed by atoms with Crippen LogP contribution in [0.3, 0.4) is 0 Å². The predicted octanol–water partition coefficient (Wildman–Crippen LogP) is 2.35. The van der Waals surface area contributed by atoms with Crippen molar-refractivity contribution in [1.29, 1.82) is 0 Å². The first-order valence-electron chi connectivity index (χ1n) is 5.59. The fourth-order valence-corrected chi connectivity index (χ4v) is 1.99. The van der Waals surface area contributed by atoms with Gasteiger partial charge >= 0.3 is 0 Å². The molecular formula is C12H15ClN4. The first-order valence-corrected chi connectivity index (χ1v) is 5.97. The van der Waals surface area contributed by atoms with E-state index >= 15 is 0 Å². The molecule has 2 rings (SSSR count). The zero-order chi connectivity index (χ0) is 12.1. The molecule has 0 aliphatic carbocycles. The second-order valence-electron chi connectivity index (χ2n) is 3.88. The smallest absolute Gasteiger partial charge is 0.137 e. The van der Waals surface area contributed by atoms with Crippen molar-refractivity contribution in [2.45, 2.75) is 19.4 Å². The van der Waals surface area contributed by atoms with Crippen molar-refractivity contribution in [3.8, 4) is 0 Å². The van der Waals surface area contributed by atoms with Crippen LogP contribution in [-0.2, 0) is 6.42 Å². The molecule has 0 saturated heterocycles. The fraction of sp³-hybridized carbons (Fsp3) is 0.333. The maximum absolute atomic E-state index is 6.13. The molecule has 1 unspecified atom stereocenters. The zero-order valence-electron chi connectivity index (χ0n) is 9.65. The average molecular weight is 251 g/mol. The van der Waals surface area contributed by atoms with Crippen molar-refractivity contribution in [2.24, 2.45) is 0 Å². The van der Waals surface area contributed by atoms with Crippen LogP contribution in [0.4, 0.5) is 0 Å². The van der Waals surface area contributed by atoms with Gasteiger partial charge < -0.3 is 5.32 Å². The van der Waals surface area contributed by atoms with Crippen molar-refractivity contribution in [3.63, 3.8) is 0 Å². The highest BCUT2D eigenvalue weighted by Gasteiger charge is 2.08. The predicted molar refractivity (Wildman–Crippen MR) is 68.0 cm³/mol. The number of H-pyrrole nitrogens is 1. The van der Waals surface area contributed by atoms with Crippen molar-refractivity contribution in [1.82, 2.24) is 20.5 Å². The van der Waals surface area contributed by atoms with Crippen molar-refractivity contribution in [2.75, 3.05) is 6.54 Å². The molecule has 90 valence electrons. The minimum absolute atomic E-state index is 0.228. The van der Waals surface area contributed by atoms with Crippen LogP contribution in [0.25, 0.3) is 0 Å². The van der Waals surface area contributed by atoms with Gasteiger partial charge in [-0.1, -0.05) is 29.8 Å². The van der Waals surface area contributed by atoms with E-state index in [-0.39, 0.29) is 6.04 Å². The Kier molecular flexibility index (Phi) is 4.12. The molecular weight excluding hydrogens is 236 g/mol. The maximum atomic E-state index is 6.13. The highest BCUT2D eigenvalue weighted by atomic mass is 35.5. The third kappa shape index (κ3) is 3.28. The molecule has 1 atom stereocenters. The van der Waals surface area contributed by atoms with E-state index in [9.17, 15) is 0 Å². The van der Waals surface area contributed by atoms with Crippen molar-refractivity contribution in [3.05, 3.63) is 47.0 Å². The zero-order valence-corrected chi connectivity index (χ0v) is 10.4. The van der Waals surface area contributed by atoms with Gasteiger partial charge in [0.2, 0.25) is 0 Å². The number of nitrogens with one attached hydrogen (secondary N) is 2. The van der Waals surface area contributed by atoms with E-state index in [4.69, 9.17) is 11.6 Å². The molecule has 0 bridgehead atoms. The molecule has 1 aromatic carbocycles. The van der Waals surface area contributed by atoms with Gasteiger partial charge in [0.25, 0.3) is 0 Å². The molecule has 0 amide bonds. The van der Waals surface area contributed by atoms with Gasteiger partial charge in [-0.15, -0.1) is 0 Å². The second-order valence-corrected chi connectivity index (χ2v) is 4.29. The van der Waals surface area contributed by atoms with E-state index in [0.29, 0.717) is 0 Å². The maximum Gasteiger partial charge on any atom is 0.137 e. The van der Waals surface area contributed by atoms with Crippen LogP contribution in [0, 0.1) is 0 Å². The molecule has 4 nitrogen and oxygen atoms in total. The molecule has 0 aliphatic rings. The summed E-state index contributed by atoms with van der Waals surface area (Å²) in [6.45, 7) is 2.93. The summed E-state index contributed by atoms with van der Waals surface area (Å²) in [6.07, 6.45) is 2.35. The Hall–Kier alpha value is -1.39. The van der Waals surface area contributed by atoms with E-state index < -0.39 is 0 Å². The summed E-state index contributed by atoms with van der Waals surface area (Å²) >= 11 is 6.13. The van der Waals surface area contributed by atoms with E-state index in [1.54, 1.807) is 0 Å². The summed E-state index contributed by atoms with van der Waals surface area (Å²) in [5, 5.41) is 10.8. The Morgan fingerprint density at radius 2 is 2.24 bits per heavy atom. The highest BCUT2D eigenvalue weighted by molar-refractivity contribution is 6.31. The number of aromatic nitrogens is 3. The van der Waals surface area contributed by atoms with Gasteiger partial charge in [0.1, 0.15) is 12.2 Å². The molecule has 0 fully saturated rings. The van der Waals surface area contributed by atoms with Crippen LogP contribution in [0.2, 0.25) is 5.02 Å². The molecule has 5 heteroatoms. The fourth-order valence-electron chi connectivity index (χ4n) is 1.69. The minimum atomic E-state index is 0.228. The van der Waals surface area contributed by atoms with Gasteiger partial charge in [-0.2, -0.15) is 5.10 Å². The highest BCUT2D eigenvalue weighted by Crippen LogP contribution is 2.21. The van der Waals surface area contributed by atoms with Crippen LogP contribution < -0.4 is 5.32 Å². The first-order chi connectivity index (χ1) is 8.27. The molecule has 0 spiro atoms. The van der Waals surface area contributed by atoms with Gasteiger partial charge in [0.05, 0.1) is 0 Å². The second kappa shape index (κ2) is 5.80. The van der Waals surface area contributed by atoms with Gasteiger partial charge in [-0.3, -0.25) is 5.10 Å². The van der Waals surface area contributed by atoms with E-state index in [1.807, 2.05) is 24.3 Å². The Bertz CT molecular complexity index is 455. The molecule has 1 aromatic heterocycles. The van der Waals surface area contributed by atoms with Gasteiger partial charge in [0.15, 0.2) is 0 Å². The summed E-state index contributed by atoms with van der Waals surface area (Å²) in [5.41, 5.74) is 1.12. The number of rotatable bonds is 5. The normalized spacial score (nSPS) is 12.6. The van der Waals surface area contributed by atoms with Crippen molar-refractivity contribution < 1.29 is 0 Å². The summed E-state index contributed by atoms with van der Waals surface area (Å²) in [7, 11) is 0. The molecule has 1 heterocycles. The lowest BCUT2D eigenvalue weighted by molar-refractivity contribution is 0.570. The Morgan fingerprint density at radius 3 is 2.94 bits per heavy atom. The monoisotopic (exact) mass is 250 g/mol. The molecule has 0 radical (unpaired) electrons. The van der Waals surface area contributed by atoms with Crippen LogP contribution in [0.15, 0.2) is 30.6 Å². The Labute approximate surface area is 105 Å². The van der Waals surface area contributed by atoms with E-state index in [0.717, 1.165) is 29.4 Å². The molecule has 2 N–H and O–H groups in total. The van der Waals surface area contributed by atoms with Gasteiger partial charge in [-0.05, 0) is 18.6 Å². The summed E-state index contributed by atoms with van der Waals surface area (Å²) in [5.74, 6) is 0.892. The van der Waals surface area contributed by atoms with Gasteiger partial charge in [-0.25, -0.2) is 4.98 Å². The number of halogens is 1. The number of hydrogen-bond acceptors (Lipinski definition) is 3. The van der Waals surface area contributed by atoms with E-state index in [2.05, 4.69) is 27.4 Å². The van der Waals surface area contributed by atoms with Gasteiger partial charge in [0, 0.05) is 24.0 Å². The third-order valence-electron chi connectivity index (χ3n) is 2.65. The Balaban J connectivity index is 1.85. The standard InChI is InChI=1S/C12H15ClN4/c1-9(10-4-2-3-5-11(10)13)14-7-6-12-15-8-16-17-12/h2-5,8-9,14H,6-7H2,1H3,(H,15,16,17). The van der Waals surface area contributed by atoms with E-state index in [1.165, 1.54) is 6.33 Å². The summed E-state index contributed by atoms with van der Waals surface area (Å²) in [6, 6.07) is 8.11. The number of aromatic amines is 1. The quantitative estimate of drug-likeness (QED) is 0.857. The lowest BCUT2D eigenvalue weighted by Crippen LogP contribution is -2.22. The number of hydrogen-bond donors (Lipinski definition) is 2. The van der Waals surface area contributed by atoms with Crippen LogP contribution in [-0.4, -0.2) is 21.7 Å². The van der Waals surface area contributed by atoms with Crippen LogP contribution in [0.1, 0.15) is 24.4 Å². The third-order valence-corrected chi connectivity index (χ3v) is 2.99. The van der Waals surface area contributed by atoms with Crippen molar-refractivity contribution >= 4 is 11.6 Å². The minimum Gasteiger partial charge on any atom is -0.310 e. The molecule has 2 aromatic rings. The largest absolute Gasteiger partial charge is 0.310 e. The summed E-state index contributed by atoms with van der Waals surface area (Å²) in [4.78, 5) is 4.07. The molecule has 0 aliphatic heterocycles. The molecule has 0 saturated carbocycles. The number of benzene rings is 1. The SMILES string of the molecule is CC(NCCc1ncn[nH]1)c1ccccc1Cl. The topological polar surface area (TPSA) is 53.6 Å². The Morgan fingerprint density at radius 1 is 1.41 bits per heavy atom. The van der Waals surface area contributed by atoms with Crippen LogP contribution >= 0.6 is 11.6 Å².